The summed E-state index contributed by atoms with van der Waals surface area (Å²) >= 11 is 0. The molecule has 2 aromatic carbocycles. The Morgan fingerprint density at radius 3 is 2.58 bits per heavy atom. The van der Waals surface area contributed by atoms with Gasteiger partial charge in [0.15, 0.2) is 0 Å². The molecule has 0 aliphatic carbocycles. The lowest BCUT2D eigenvalue weighted by Crippen LogP contribution is -2.09. The molecule has 5 heteroatoms. The van der Waals surface area contributed by atoms with Gasteiger partial charge in [-0.1, -0.05) is 36.4 Å². The third-order valence-corrected chi connectivity index (χ3v) is 4.26. The molecule has 26 heavy (non-hydrogen) atoms. The molecule has 3 aromatic rings. The molecular formula is C21H21NO4. The molecular weight excluding hydrogens is 330 g/mol. The van der Waals surface area contributed by atoms with Crippen LogP contribution in [0.1, 0.15) is 11.1 Å². The number of ether oxygens (including phenoxy) is 3. The van der Waals surface area contributed by atoms with Crippen molar-refractivity contribution in [3.05, 3.63) is 72.1 Å². The lowest BCUT2D eigenvalue weighted by Gasteiger charge is -2.14. The average Bonchev–Trinajstić information content (AvgIpc) is 3.09. The number of para-hydroxylation sites is 1. The number of fused-ring (bicyclic) bond motifs is 1. The van der Waals surface area contributed by atoms with E-state index in [0.717, 1.165) is 27.8 Å². The third kappa shape index (κ3) is 3.28. The zero-order valence-corrected chi connectivity index (χ0v) is 15.1. The molecule has 1 aromatic heterocycles. The van der Waals surface area contributed by atoms with Gasteiger partial charge in [0, 0.05) is 18.1 Å². The first-order valence-corrected chi connectivity index (χ1v) is 8.21. The Labute approximate surface area is 152 Å². The summed E-state index contributed by atoms with van der Waals surface area (Å²) in [4.78, 5) is 12.2. The zero-order chi connectivity index (χ0) is 18.5. The minimum absolute atomic E-state index is 0.383. The number of aromatic nitrogens is 1. The Bertz CT molecular complexity index is 956. The predicted molar refractivity (Wildman–Crippen MR) is 101 cm³/mol. The van der Waals surface area contributed by atoms with Crippen molar-refractivity contribution in [2.45, 2.75) is 6.54 Å². The molecule has 0 unspecified atom stereocenters. The van der Waals surface area contributed by atoms with Gasteiger partial charge in [-0.3, -0.25) is 0 Å². The maximum atomic E-state index is 12.2. The highest BCUT2D eigenvalue weighted by Gasteiger charge is 2.17. The van der Waals surface area contributed by atoms with Gasteiger partial charge in [-0.15, -0.1) is 0 Å². The minimum atomic E-state index is -0.436. The van der Waals surface area contributed by atoms with E-state index in [2.05, 4.69) is 4.57 Å². The van der Waals surface area contributed by atoms with Crippen molar-refractivity contribution >= 4 is 22.4 Å². The van der Waals surface area contributed by atoms with Crippen molar-refractivity contribution in [1.29, 1.82) is 0 Å². The van der Waals surface area contributed by atoms with Crippen molar-refractivity contribution in [3.63, 3.8) is 0 Å². The van der Waals surface area contributed by atoms with Gasteiger partial charge < -0.3 is 18.8 Å². The van der Waals surface area contributed by atoms with E-state index in [4.69, 9.17) is 14.2 Å². The summed E-state index contributed by atoms with van der Waals surface area (Å²) in [5.74, 6) is 0.375. The quantitative estimate of drug-likeness (QED) is 0.384. The molecule has 5 nitrogen and oxygen atoms in total. The maximum absolute atomic E-state index is 12.2. The van der Waals surface area contributed by atoms with Crippen LogP contribution in [0.3, 0.4) is 0 Å². The van der Waals surface area contributed by atoms with E-state index in [9.17, 15) is 4.79 Å². The second-order valence-corrected chi connectivity index (χ2v) is 5.76. The highest BCUT2D eigenvalue weighted by atomic mass is 16.5. The van der Waals surface area contributed by atoms with E-state index in [1.54, 1.807) is 7.11 Å². The lowest BCUT2D eigenvalue weighted by molar-refractivity contribution is -0.133. The van der Waals surface area contributed by atoms with Gasteiger partial charge in [0.25, 0.3) is 0 Å². The molecule has 3 rings (SSSR count). The Kier molecular flexibility index (Phi) is 5.27. The molecule has 0 saturated heterocycles. The number of hydrogen-bond donors (Lipinski definition) is 0. The summed E-state index contributed by atoms with van der Waals surface area (Å²) in [5, 5.41) is 1.10. The van der Waals surface area contributed by atoms with E-state index >= 15 is 0 Å². The first kappa shape index (κ1) is 17.6. The summed E-state index contributed by atoms with van der Waals surface area (Å²) < 4.78 is 17.6. The van der Waals surface area contributed by atoms with Crippen LogP contribution in [0.4, 0.5) is 0 Å². The molecule has 0 fully saturated rings. The van der Waals surface area contributed by atoms with Crippen LogP contribution in [0.2, 0.25) is 0 Å². The molecule has 0 amide bonds. The highest BCUT2D eigenvalue weighted by molar-refractivity contribution is 6.16. The van der Waals surface area contributed by atoms with Gasteiger partial charge >= 0.3 is 5.97 Å². The van der Waals surface area contributed by atoms with Crippen LogP contribution >= 0.6 is 0 Å². The summed E-state index contributed by atoms with van der Waals surface area (Å²) in [6.07, 6.45) is 3.43. The Morgan fingerprint density at radius 1 is 1.04 bits per heavy atom. The Hall–Kier alpha value is -3.21. The fourth-order valence-corrected chi connectivity index (χ4v) is 3.08. The van der Waals surface area contributed by atoms with Crippen molar-refractivity contribution in [1.82, 2.24) is 4.57 Å². The number of rotatable bonds is 6. The van der Waals surface area contributed by atoms with Crippen LogP contribution in [-0.4, -0.2) is 31.9 Å². The Balaban J connectivity index is 2.07. The number of benzene rings is 2. The molecule has 0 radical (unpaired) electrons. The molecule has 0 spiro atoms. The number of carbonyl (C=O) groups is 1. The second-order valence-electron chi connectivity index (χ2n) is 5.76. The van der Waals surface area contributed by atoms with Crippen LogP contribution in [0, 0.1) is 0 Å². The molecule has 0 saturated carbocycles. The molecule has 0 bridgehead atoms. The van der Waals surface area contributed by atoms with Gasteiger partial charge in [-0.25, -0.2) is 4.79 Å². The molecule has 1 heterocycles. The van der Waals surface area contributed by atoms with Gasteiger partial charge in [-0.2, -0.15) is 0 Å². The van der Waals surface area contributed by atoms with Crippen LogP contribution < -0.4 is 4.74 Å². The molecule has 0 atom stereocenters. The number of methoxy groups -OCH3 is 3. The fourth-order valence-electron chi connectivity index (χ4n) is 3.08. The normalized spacial score (nSPS) is 11.4. The highest BCUT2D eigenvalue weighted by Crippen LogP contribution is 2.29. The molecule has 0 N–H and O–H groups in total. The first-order valence-electron chi connectivity index (χ1n) is 8.21. The van der Waals surface area contributed by atoms with Crippen LogP contribution in [0.15, 0.2) is 61.0 Å². The van der Waals surface area contributed by atoms with E-state index in [1.165, 1.54) is 20.5 Å². The van der Waals surface area contributed by atoms with Gasteiger partial charge in [-0.05, 0) is 23.3 Å². The van der Waals surface area contributed by atoms with Crippen molar-refractivity contribution in [3.8, 4) is 5.75 Å². The number of esters is 1. The number of carbonyl (C=O) groups excluding carboxylic acids is 1. The van der Waals surface area contributed by atoms with Crippen LogP contribution in [0.25, 0.3) is 16.5 Å². The van der Waals surface area contributed by atoms with Gasteiger partial charge in [0.05, 0.1) is 33.1 Å². The van der Waals surface area contributed by atoms with E-state index in [1.807, 2.05) is 54.7 Å². The van der Waals surface area contributed by atoms with Gasteiger partial charge in [0.2, 0.25) is 0 Å². The second kappa shape index (κ2) is 7.78. The molecule has 0 aliphatic heterocycles. The van der Waals surface area contributed by atoms with Crippen molar-refractivity contribution < 1.29 is 19.0 Å². The first-order chi connectivity index (χ1) is 12.7. The van der Waals surface area contributed by atoms with E-state index < -0.39 is 5.97 Å². The van der Waals surface area contributed by atoms with Crippen LogP contribution in [-0.2, 0) is 20.8 Å². The number of nitrogens with zero attached hydrogens (tertiary/aromatic N) is 1. The SMILES string of the molecule is COC=C(C(=O)OC)c1ccccc1Cn1ccc2cccc(OC)c21. The van der Waals surface area contributed by atoms with E-state index in [-0.39, 0.29) is 0 Å². The maximum Gasteiger partial charge on any atom is 0.341 e. The summed E-state index contributed by atoms with van der Waals surface area (Å²) in [5.41, 5.74) is 3.15. The number of hydrogen-bond acceptors (Lipinski definition) is 4. The van der Waals surface area contributed by atoms with Crippen molar-refractivity contribution in [2.75, 3.05) is 21.3 Å². The zero-order valence-electron chi connectivity index (χ0n) is 15.1. The van der Waals surface area contributed by atoms with Crippen molar-refractivity contribution in [2.24, 2.45) is 0 Å². The Morgan fingerprint density at radius 2 is 1.85 bits per heavy atom. The average molecular weight is 351 g/mol. The smallest absolute Gasteiger partial charge is 0.341 e. The van der Waals surface area contributed by atoms with E-state index in [0.29, 0.717) is 12.1 Å². The topological polar surface area (TPSA) is 49.7 Å². The standard InChI is InChI=1S/C21H21NO4/c1-24-14-18(21(23)26-3)17-9-5-4-7-16(17)13-22-12-11-15-8-6-10-19(25-2)20(15)22/h4-12,14H,13H2,1-3H3. The molecule has 0 aliphatic rings. The van der Waals surface area contributed by atoms with Gasteiger partial charge in [0.1, 0.15) is 11.3 Å². The minimum Gasteiger partial charge on any atom is -0.503 e. The largest absolute Gasteiger partial charge is 0.503 e. The fraction of sp³-hybridized carbons (Fsp3) is 0.190. The lowest BCUT2D eigenvalue weighted by atomic mass is 10.0. The van der Waals surface area contributed by atoms with Crippen LogP contribution in [0.5, 0.6) is 5.75 Å². The summed E-state index contributed by atoms with van der Waals surface area (Å²) in [7, 11) is 4.53. The molecule has 134 valence electrons. The monoisotopic (exact) mass is 351 g/mol. The third-order valence-electron chi connectivity index (χ3n) is 4.26. The predicted octanol–water partition coefficient (Wildman–Crippen LogP) is 3.86. The summed E-state index contributed by atoms with van der Waals surface area (Å²) in [6.45, 7) is 0.581. The summed E-state index contributed by atoms with van der Waals surface area (Å²) in [6, 6.07) is 15.7.